The Kier molecular flexibility index (Phi) is 7.18. The summed E-state index contributed by atoms with van der Waals surface area (Å²) >= 11 is 0. The highest BCUT2D eigenvalue weighted by molar-refractivity contribution is 7.89. The summed E-state index contributed by atoms with van der Waals surface area (Å²) in [5, 5.41) is 2.53. The number of esters is 1. The number of carbonyl (C=O) groups is 2. The average molecular weight is 422 g/mol. The zero-order chi connectivity index (χ0) is 21.6. The van der Waals surface area contributed by atoms with Crippen molar-refractivity contribution in [3.63, 3.8) is 0 Å². The first-order valence-electron chi connectivity index (χ1n) is 8.40. The molecular weight excluding hydrogens is 400 g/mol. The SMILES string of the molecule is COC(=O)c1ccccc1NC(=O)CN(C)S(=O)(=O)c1cc(OC)ccc1OC. The number of anilines is 1. The lowest BCUT2D eigenvalue weighted by Gasteiger charge is -2.19. The molecule has 2 aromatic rings. The largest absolute Gasteiger partial charge is 0.497 e. The van der Waals surface area contributed by atoms with Gasteiger partial charge in [-0.2, -0.15) is 4.31 Å². The monoisotopic (exact) mass is 422 g/mol. The van der Waals surface area contributed by atoms with Crippen LogP contribution in [0.1, 0.15) is 10.4 Å². The topological polar surface area (TPSA) is 111 Å². The van der Waals surface area contributed by atoms with Gasteiger partial charge in [0.15, 0.2) is 0 Å². The fourth-order valence-electron chi connectivity index (χ4n) is 2.51. The van der Waals surface area contributed by atoms with Crippen LogP contribution >= 0.6 is 0 Å². The first kappa shape index (κ1) is 22.2. The number of benzene rings is 2. The number of para-hydroxylation sites is 1. The van der Waals surface area contributed by atoms with Gasteiger partial charge in [-0.25, -0.2) is 13.2 Å². The normalized spacial score (nSPS) is 11.1. The maximum absolute atomic E-state index is 12.9. The predicted octanol–water partition coefficient (Wildman–Crippen LogP) is 1.75. The lowest BCUT2D eigenvalue weighted by molar-refractivity contribution is -0.116. The van der Waals surface area contributed by atoms with E-state index < -0.39 is 28.4 Å². The highest BCUT2D eigenvalue weighted by Gasteiger charge is 2.27. The summed E-state index contributed by atoms with van der Waals surface area (Å²) in [6, 6.07) is 10.6. The van der Waals surface area contributed by atoms with Gasteiger partial charge in [-0.3, -0.25) is 4.79 Å². The Morgan fingerprint density at radius 3 is 2.34 bits per heavy atom. The molecule has 2 rings (SSSR count). The molecule has 0 fully saturated rings. The molecule has 0 heterocycles. The number of hydrogen-bond donors (Lipinski definition) is 1. The van der Waals surface area contributed by atoms with E-state index in [0.717, 1.165) is 4.31 Å². The molecule has 0 unspecified atom stereocenters. The highest BCUT2D eigenvalue weighted by Crippen LogP contribution is 2.30. The van der Waals surface area contributed by atoms with Crippen molar-refractivity contribution < 1.29 is 32.2 Å². The number of methoxy groups -OCH3 is 3. The fourth-order valence-corrected chi connectivity index (χ4v) is 3.80. The number of carbonyl (C=O) groups excluding carboxylic acids is 2. The molecule has 0 atom stereocenters. The van der Waals surface area contributed by atoms with Gasteiger partial charge in [0.2, 0.25) is 15.9 Å². The van der Waals surface area contributed by atoms with Gasteiger partial charge in [0.25, 0.3) is 0 Å². The molecule has 156 valence electrons. The summed E-state index contributed by atoms with van der Waals surface area (Å²) < 4.78 is 41.6. The van der Waals surface area contributed by atoms with Crippen LogP contribution in [0.4, 0.5) is 5.69 Å². The third kappa shape index (κ3) is 5.04. The van der Waals surface area contributed by atoms with E-state index in [9.17, 15) is 18.0 Å². The Morgan fingerprint density at radius 1 is 1.03 bits per heavy atom. The number of ether oxygens (including phenoxy) is 3. The molecule has 0 radical (unpaired) electrons. The molecule has 29 heavy (non-hydrogen) atoms. The Labute approximate surface area is 169 Å². The second-order valence-corrected chi connectivity index (χ2v) is 7.88. The number of hydrogen-bond acceptors (Lipinski definition) is 7. The number of amides is 1. The Morgan fingerprint density at radius 2 is 1.72 bits per heavy atom. The van der Waals surface area contributed by atoms with Gasteiger partial charge in [-0.1, -0.05) is 12.1 Å². The molecule has 0 aliphatic rings. The minimum Gasteiger partial charge on any atom is -0.497 e. The summed E-state index contributed by atoms with van der Waals surface area (Å²) in [5.41, 5.74) is 0.373. The predicted molar refractivity (Wildman–Crippen MR) is 106 cm³/mol. The fraction of sp³-hybridized carbons (Fsp3) is 0.263. The molecule has 0 aliphatic heterocycles. The van der Waals surface area contributed by atoms with E-state index in [1.807, 2.05) is 0 Å². The van der Waals surface area contributed by atoms with E-state index in [1.165, 1.54) is 52.6 Å². The standard InChI is InChI=1S/C19H22N2O7S/c1-21(29(24,25)17-11-13(26-2)9-10-16(17)27-3)12-18(22)20-15-8-6-5-7-14(15)19(23)28-4/h5-11H,12H2,1-4H3,(H,20,22). The lowest BCUT2D eigenvalue weighted by atomic mass is 10.2. The van der Waals surface area contributed by atoms with E-state index in [4.69, 9.17) is 9.47 Å². The molecule has 1 N–H and O–H groups in total. The molecule has 10 heteroatoms. The molecule has 0 saturated heterocycles. The van der Waals surface area contributed by atoms with Crippen molar-refractivity contribution in [2.45, 2.75) is 4.90 Å². The van der Waals surface area contributed by atoms with Crippen LogP contribution in [0, 0.1) is 0 Å². The maximum Gasteiger partial charge on any atom is 0.339 e. The molecule has 1 amide bonds. The quantitative estimate of drug-likeness (QED) is 0.645. The van der Waals surface area contributed by atoms with Crippen LogP contribution in [0.5, 0.6) is 11.5 Å². The third-order valence-electron chi connectivity index (χ3n) is 4.03. The van der Waals surface area contributed by atoms with Crippen molar-refractivity contribution in [1.29, 1.82) is 0 Å². The van der Waals surface area contributed by atoms with Crippen molar-refractivity contribution in [3.8, 4) is 11.5 Å². The second kappa shape index (κ2) is 9.39. The summed E-state index contributed by atoms with van der Waals surface area (Å²) in [5.74, 6) is -0.805. The zero-order valence-corrected chi connectivity index (χ0v) is 17.3. The van der Waals surface area contributed by atoms with Gasteiger partial charge in [-0.15, -0.1) is 0 Å². The van der Waals surface area contributed by atoms with E-state index in [2.05, 4.69) is 10.1 Å². The third-order valence-corrected chi connectivity index (χ3v) is 5.86. The minimum atomic E-state index is -4.06. The molecule has 9 nitrogen and oxygen atoms in total. The molecular formula is C19H22N2O7S. The van der Waals surface area contributed by atoms with Gasteiger partial charge in [0.05, 0.1) is 39.1 Å². The highest BCUT2D eigenvalue weighted by atomic mass is 32.2. The van der Waals surface area contributed by atoms with Gasteiger partial charge < -0.3 is 19.5 Å². The molecule has 0 saturated carbocycles. The van der Waals surface area contributed by atoms with Gasteiger partial charge in [-0.05, 0) is 24.3 Å². The van der Waals surface area contributed by atoms with Crippen LogP contribution in [-0.4, -0.2) is 59.5 Å². The van der Waals surface area contributed by atoms with Crippen LogP contribution in [-0.2, 0) is 19.6 Å². The number of likely N-dealkylation sites (N-methyl/N-ethyl adjacent to an activating group) is 1. The number of rotatable bonds is 8. The van der Waals surface area contributed by atoms with Crippen LogP contribution in [0.15, 0.2) is 47.4 Å². The Hall–Kier alpha value is -3.11. The van der Waals surface area contributed by atoms with Crippen molar-refractivity contribution in [3.05, 3.63) is 48.0 Å². The van der Waals surface area contributed by atoms with Crippen molar-refractivity contribution in [2.24, 2.45) is 0 Å². The summed E-state index contributed by atoms with van der Waals surface area (Å²) in [4.78, 5) is 24.1. The molecule has 0 bridgehead atoms. The number of nitrogens with one attached hydrogen (secondary N) is 1. The van der Waals surface area contributed by atoms with E-state index in [0.29, 0.717) is 5.75 Å². The molecule has 0 spiro atoms. The number of nitrogens with zero attached hydrogens (tertiary/aromatic N) is 1. The van der Waals surface area contributed by atoms with Crippen LogP contribution in [0.2, 0.25) is 0 Å². The molecule has 0 aromatic heterocycles. The van der Waals surface area contributed by atoms with E-state index in [-0.39, 0.29) is 21.9 Å². The van der Waals surface area contributed by atoms with Crippen molar-refractivity contribution in [2.75, 3.05) is 40.2 Å². The molecule has 0 aliphatic carbocycles. The zero-order valence-electron chi connectivity index (χ0n) is 16.5. The first-order valence-corrected chi connectivity index (χ1v) is 9.84. The summed E-state index contributed by atoms with van der Waals surface area (Å²) in [6.45, 7) is -0.488. The van der Waals surface area contributed by atoms with Crippen LogP contribution < -0.4 is 14.8 Å². The van der Waals surface area contributed by atoms with Gasteiger partial charge >= 0.3 is 5.97 Å². The lowest BCUT2D eigenvalue weighted by Crippen LogP contribution is -2.35. The number of sulfonamides is 1. The van der Waals surface area contributed by atoms with Crippen molar-refractivity contribution in [1.82, 2.24) is 4.31 Å². The maximum atomic E-state index is 12.9. The van der Waals surface area contributed by atoms with Crippen molar-refractivity contribution >= 4 is 27.6 Å². The summed E-state index contributed by atoms with van der Waals surface area (Å²) in [7, 11) is 1.19. The first-order chi connectivity index (χ1) is 13.7. The van der Waals surface area contributed by atoms with Gasteiger partial charge in [0.1, 0.15) is 16.4 Å². The van der Waals surface area contributed by atoms with E-state index >= 15 is 0 Å². The minimum absolute atomic E-state index is 0.120. The molecule has 2 aromatic carbocycles. The summed E-state index contributed by atoms with van der Waals surface area (Å²) in [6.07, 6.45) is 0. The average Bonchev–Trinajstić information content (AvgIpc) is 2.72. The van der Waals surface area contributed by atoms with Gasteiger partial charge in [0, 0.05) is 13.1 Å². The van der Waals surface area contributed by atoms with E-state index in [1.54, 1.807) is 18.2 Å². The Balaban J connectivity index is 2.23. The second-order valence-electron chi connectivity index (χ2n) is 5.86. The van der Waals surface area contributed by atoms with Crippen LogP contribution in [0.25, 0.3) is 0 Å². The van der Waals surface area contributed by atoms with Crippen LogP contribution in [0.3, 0.4) is 0 Å². The Bertz CT molecular complexity index is 1010. The smallest absolute Gasteiger partial charge is 0.339 e.